The molecule has 2 N–H and O–H groups in total. The minimum atomic E-state index is -1.04. The number of carbonyl (C=O) groups is 1. The molecule has 1 aliphatic rings. The summed E-state index contributed by atoms with van der Waals surface area (Å²) in [5.41, 5.74) is 0.0827. The topological polar surface area (TPSA) is 76.0 Å². The van der Waals surface area contributed by atoms with Crippen molar-refractivity contribution in [2.75, 3.05) is 7.11 Å². The number of aliphatic hydroxyl groups is 1. The normalized spacial score (nSPS) is 23.8. The third kappa shape index (κ3) is 6.20. The second kappa shape index (κ2) is 9.53. The lowest BCUT2D eigenvalue weighted by molar-refractivity contribution is -0.178. The highest BCUT2D eigenvalue weighted by Crippen LogP contribution is 2.33. The standard InChI is InChI=1S/C10H20O.C8H8O4/c1-7(2)9-5-4-8(3)6-10(9)11;1-11-12-7-5-3-2-4-6(7)8(9)10/h7-11H,4-6H2,1-3H3;2-5H,1H3,(H,9,10). The highest BCUT2D eigenvalue weighted by molar-refractivity contribution is 5.90. The number of benzene rings is 1. The smallest absolute Gasteiger partial charge is 0.339 e. The summed E-state index contributed by atoms with van der Waals surface area (Å²) in [5.74, 6) is 1.11. The van der Waals surface area contributed by atoms with Crippen LogP contribution < -0.4 is 4.89 Å². The van der Waals surface area contributed by atoms with E-state index in [2.05, 4.69) is 30.5 Å². The number of carboxylic acid groups (broad SMARTS) is 1. The zero-order valence-corrected chi connectivity index (χ0v) is 14.4. The third-order valence-corrected chi connectivity index (χ3v) is 4.28. The molecule has 1 saturated carbocycles. The first kappa shape index (κ1) is 19.5. The molecule has 130 valence electrons. The summed E-state index contributed by atoms with van der Waals surface area (Å²) in [6.07, 6.45) is 3.52. The number of para-hydroxylation sites is 1. The minimum Gasteiger partial charge on any atom is -0.478 e. The van der Waals surface area contributed by atoms with Crippen molar-refractivity contribution in [2.24, 2.45) is 17.8 Å². The molecular formula is C18H28O5. The van der Waals surface area contributed by atoms with Crippen LogP contribution in [0.15, 0.2) is 24.3 Å². The molecular weight excluding hydrogens is 296 g/mol. The second-order valence-corrected chi connectivity index (χ2v) is 6.44. The van der Waals surface area contributed by atoms with E-state index in [-0.39, 0.29) is 17.4 Å². The molecule has 5 heteroatoms. The van der Waals surface area contributed by atoms with E-state index >= 15 is 0 Å². The minimum absolute atomic E-state index is 0.0289. The predicted molar refractivity (Wildman–Crippen MR) is 88.4 cm³/mol. The molecule has 0 aliphatic heterocycles. The van der Waals surface area contributed by atoms with Crippen LogP contribution in [-0.4, -0.2) is 29.4 Å². The number of carboxylic acids is 1. The summed E-state index contributed by atoms with van der Waals surface area (Å²) < 4.78 is 0. The van der Waals surface area contributed by atoms with Gasteiger partial charge in [-0.3, -0.25) is 0 Å². The molecule has 1 aliphatic carbocycles. The van der Waals surface area contributed by atoms with E-state index in [4.69, 9.17) is 5.11 Å². The number of aliphatic hydroxyl groups excluding tert-OH is 1. The van der Waals surface area contributed by atoms with E-state index < -0.39 is 5.97 Å². The van der Waals surface area contributed by atoms with Gasteiger partial charge < -0.3 is 15.1 Å². The van der Waals surface area contributed by atoms with Crippen LogP contribution in [0.2, 0.25) is 0 Å². The Hall–Kier alpha value is -1.59. The lowest BCUT2D eigenvalue weighted by Crippen LogP contribution is -2.31. The van der Waals surface area contributed by atoms with Gasteiger partial charge in [0.1, 0.15) is 5.56 Å². The molecule has 1 aromatic carbocycles. The zero-order chi connectivity index (χ0) is 17.4. The summed E-state index contributed by atoms with van der Waals surface area (Å²) in [4.78, 5) is 19.5. The van der Waals surface area contributed by atoms with E-state index in [1.54, 1.807) is 12.1 Å². The molecule has 0 aromatic heterocycles. The molecule has 0 heterocycles. The van der Waals surface area contributed by atoms with Crippen LogP contribution >= 0.6 is 0 Å². The SMILES string of the molecule is CC1CCC(C(C)C)C(O)C1.COOc1ccccc1C(=O)O. The molecule has 23 heavy (non-hydrogen) atoms. The highest BCUT2D eigenvalue weighted by atomic mass is 17.2. The van der Waals surface area contributed by atoms with Crippen LogP contribution in [0.1, 0.15) is 50.4 Å². The van der Waals surface area contributed by atoms with Gasteiger partial charge in [0.2, 0.25) is 0 Å². The number of aromatic carboxylic acids is 1. The lowest BCUT2D eigenvalue weighted by Gasteiger charge is -2.33. The fourth-order valence-corrected chi connectivity index (χ4v) is 2.96. The van der Waals surface area contributed by atoms with Crippen LogP contribution in [0, 0.1) is 17.8 Å². The average molecular weight is 324 g/mol. The molecule has 0 radical (unpaired) electrons. The number of rotatable bonds is 4. The van der Waals surface area contributed by atoms with Crippen LogP contribution in [0.4, 0.5) is 0 Å². The largest absolute Gasteiger partial charge is 0.478 e. The van der Waals surface area contributed by atoms with E-state index in [1.165, 1.54) is 32.1 Å². The fourth-order valence-electron chi connectivity index (χ4n) is 2.96. The quantitative estimate of drug-likeness (QED) is 0.651. The number of hydrogen-bond acceptors (Lipinski definition) is 4. The zero-order valence-electron chi connectivity index (χ0n) is 14.4. The monoisotopic (exact) mass is 324 g/mol. The van der Waals surface area contributed by atoms with Crippen LogP contribution in [0.25, 0.3) is 0 Å². The van der Waals surface area contributed by atoms with Gasteiger partial charge in [-0.25, -0.2) is 4.79 Å². The van der Waals surface area contributed by atoms with Crippen molar-refractivity contribution in [1.82, 2.24) is 0 Å². The molecule has 0 amide bonds. The van der Waals surface area contributed by atoms with E-state index in [9.17, 15) is 9.90 Å². The Labute approximate surface area is 138 Å². The van der Waals surface area contributed by atoms with Crippen molar-refractivity contribution in [3.8, 4) is 5.75 Å². The summed E-state index contributed by atoms with van der Waals surface area (Å²) in [6.45, 7) is 6.66. The Morgan fingerprint density at radius 2 is 1.91 bits per heavy atom. The summed E-state index contributed by atoms with van der Waals surface area (Å²) in [7, 11) is 1.32. The van der Waals surface area contributed by atoms with Crippen molar-refractivity contribution < 1.29 is 24.8 Å². The molecule has 1 fully saturated rings. The van der Waals surface area contributed by atoms with Gasteiger partial charge in [0.25, 0.3) is 0 Å². The van der Waals surface area contributed by atoms with Gasteiger partial charge in [0.05, 0.1) is 13.2 Å². The van der Waals surface area contributed by atoms with Gasteiger partial charge in [0, 0.05) is 0 Å². The van der Waals surface area contributed by atoms with Crippen LogP contribution in [0.5, 0.6) is 5.75 Å². The first-order chi connectivity index (χ1) is 10.9. The first-order valence-corrected chi connectivity index (χ1v) is 8.07. The van der Waals surface area contributed by atoms with Gasteiger partial charge in [-0.15, -0.1) is 0 Å². The summed E-state index contributed by atoms with van der Waals surface area (Å²) in [5, 5.41) is 18.4. The van der Waals surface area contributed by atoms with Crippen molar-refractivity contribution in [1.29, 1.82) is 0 Å². The second-order valence-electron chi connectivity index (χ2n) is 6.44. The Morgan fingerprint density at radius 1 is 1.26 bits per heavy atom. The van der Waals surface area contributed by atoms with Crippen LogP contribution in [-0.2, 0) is 4.89 Å². The van der Waals surface area contributed by atoms with Crippen LogP contribution in [0.3, 0.4) is 0 Å². The average Bonchev–Trinajstić information content (AvgIpc) is 2.48. The maximum absolute atomic E-state index is 10.6. The molecule has 3 unspecified atom stereocenters. The Morgan fingerprint density at radius 3 is 2.43 bits per heavy atom. The lowest BCUT2D eigenvalue weighted by atomic mass is 9.75. The van der Waals surface area contributed by atoms with Gasteiger partial charge >= 0.3 is 5.97 Å². The summed E-state index contributed by atoms with van der Waals surface area (Å²) >= 11 is 0. The number of hydrogen-bond donors (Lipinski definition) is 2. The molecule has 2 rings (SSSR count). The molecule has 3 atom stereocenters. The molecule has 0 saturated heterocycles. The Bertz CT molecular complexity index is 486. The van der Waals surface area contributed by atoms with Crippen molar-refractivity contribution in [2.45, 2.75) is 46.1 Å². The van der Waals surface area contributed by atoms with Crippen molar-refractivity contribution in [3.05, 3.63) is 29.8 Å². The summed E-state index contributed by atoms with van der Waals surface area (Å²) in [6, 6.07) is 6.25. The molecule has 1 aromatic rings. The van der Waals surface area contributed by atoms with Gasteiger partial charge in [-0.2, -0.15) is 4.89 Å². The predicted octanol–water partition coefficient (Wildman–Crippen LogP) is 3.76. The van der Waals surface area contributed by atoms with Crippen molar-refractivity contribution in [3.63, 3.8) is 0 Å². The first-order valence-electron chi connectivity index (χ1n) is 8.07. The Kier molecular flexibility index (Phi) is 8.06. The van der Waals surface area contributed by atoms with Crippen molar-refractivity contribution >= 4 is 5.97 Å². The molecule has 0 bridgehead atoms. The van der Waals surface area contributed by atoms with Gasteiger partial charge in [0.15, 0.2) is 5.75 Å². The van der Waals surface area contributed by atoms with Gasteiger partial charge in [-0.1, -0.05) is 39.3 Å². The van der Waals surface area contributed by atoms with E-state index in [0.29, 0.717) is 11.8 Å². The van der Waals surface area contributed by atoms with Gasteiger partial charge in [-0.05, 0) is 42.7 Å². The highest BCUT2D eigenvalue weighted by Gasteiger charge is 2.28. The van der Waals surface area contributed by atoms with E-state index in [0.717, 1.165) is 12.3 Å². The maximum Gasteiger partial charge on any atom is 0.339 e. The molecule has 5 nitrogen and oxygen atoms in total. The fraction of sp³-hybridized carbons (Fsp3) is 0.611. The Balaban J connectivity index is 0.000000231. The third-order valence-electron chi connectivity index (χ3n) is 4.28. The maximum atomic E-state index is 10.6. The molecule has 0 spiro atoms. The van der Waals surface area contributed by atoms with E-state index in [1.807, 2.05) is 0 Å².